The van der Waals surface area contributed by atoms with Gasteiger partial charge in [-0.1, -0.05) is 0 Å². The first-order valence-electron chi connectivity index (χ1n) is 4.71. The van der Waals surface area contributed by atoms with E-state index in [0.29, 0.717) is 0 Å². The maximum atomic E-state index is 11.2. The zero-order chi connectivity index (χ0) is 12.4. The van der Waals surface area contributed by atoms with E-state index in [1.165, 1.54) is 0 Å². The molecule has 0 amide bonds. The standard InChI is InChI=1S/C8H15N2O5P.2H2O/c1-2-14-8(11)6-10-7-16(12,13)15-5-3-4-9;;/h10H,2-3,5-7H2,1H3,(H,12,13);2*1H2. The predicted octanol–water partition coefficient (Wildman–Crippen LogP) is -1.44. The molecule has 1 unspecified atom stereocenters. The lowest BCUT2D eigenvalue weighted by Crippen LogP contribution is -2.26. The fraction of sp³-hybridized carbons (Fsp3) is 0.750. The largest absolute Gasteiger partial charge is 0.465 e. The Morgan fingerprint density at radius 2 is 2.11 bits per heavy atom. The number of carbonyl (C=O) groups excluding carboxylic acids is 1. The van der Waals surface area contributed by atoms with Gasteiger partial charge in [0.25, 0.3) is 0 Å². The number of hydrogen-bond donors (Lipinski definition) is 2. The van der Waals surface area contributed by atoms with E-state index in [1.54, 1.807) is 13.0 Å². The summed E-state index contributed by atoms with van der Waals surface area (Å²) in [5, 5.41) is 10.6. The molecule has 1 atom stereocenters. The van der Waals surface area contributed by atoms with E-state index >= 15 is 0 Å². The third-order valence-electron chi connectivity index (χ3n) is 1.39. The Balaban J connectivity index is -0.00000112. The van der Waals surface area contributed by atoms with Gasteiger partial charge in [-0.2, -0.15) is 5.26 Å². The predicted molar refractivity (Wildman–Crippen MR) is 62.7 cm³/mol. The average Bonchev–Trinajstić information content (AvgIpc) is 2.18. The molecule has 0 fully saturated rings. The number of rotatable bonds is 8. The van der Waals surface area contributed by atoms with Gasteiger partial charge in [-0.25, -0.2) is 0 Å². The van der Waals surface area contributed by atoms with E-state index < -0.39 is 13.6 Å². The van der Waals surface area contributed by atoms with Crippen LogP contribution >= 0.6 is 7.60 Å². The molecule has 0 radical (unpaired) electrons. The third-order valence-corrected chi connectivity index (χ3v) is 2.60. The van der Waals surface area contributed by atoms with Gasteiger partial charge >= 0.3 is 13.6 Å². The van der Waals surface area contributed by atoms with E-state index in [-0.39, 0.29) is 43.4 Å². The maximum absolute atomic E-state index is 11.2. The van der Waals surface area contributed by atoms with E-state index in [4.69, 9.17) is 5.26 Å². The molecule has 0 spiro atoms. The lowest BCUT2D eigenvalue weighted by Gasteiger charge is -2.11. The highest BCUT2D eigenvalue weighted by molar-refractivity contribution is 7.52. The lowest BCUT2D eigenvalue weighted by molar-refractivity contribution is -0.141. The van der Waals surface area contributed by atoms with Gasteiger partial charge in [-0.15, -0.1) is 0 Å². The molecule has 0 rings (SSSR count). The second-order valence-electron chi connectivity index (χ2n) is 2.77. The van der Waals surface area contributed by atoms with Crippen molar-refractivity contribution in [2.45, 2.75) is 13.3 Å². The van der Waals surface area contributed by atoms with Crippen LogP contribution in [0.3, 0.4) is 0 Å². The van der Waals surface area contributed by atoms with E-state index in [2.05, 4.69) is 14.6 Å². The summed E-state index contributed by atoms with van der Waals surface area (Å²) >= 11 is 0. The van der Waals surface area contributed by atoms with Gasteiger partial charge in [0.1, 0.15) is 0 Å². The lowest BCUT2D eigenvalue weighted by atomic mass is 10.5. The molecule has 0 aliphatic heterocycles. The molecule has 0 aliphatic rings. The van der Waals surface area contributed by atoms with Crippen LogP contribution in [-0.4, -0.2) is 47.9 Å². The van der Waals surface area contributed by atoms with Crippen molar-refractivity contribution in [3.63, 3.8) is 0 Å². The zero-order valence-corrected chi connectivity index (χ0v) is 10.9. The minimum atomic E-state index is -3.77. The van der Waals surface area contributed by atoms with Crippen LogP contribution in [0.1, 0.15) is 13.3 Å². The first-order chi connectivity index (χ1) is 7.52. The van der Waals surface area contributed by atoms with Gasteiger partial charge in [0, 0.05) is 0 Å². The van der Waals surface area contributed by atoms with Gasteiger partial charge in [0.05, 0.1) is 38.5 Å². The Morgan fingerprint density at radius 3 is 2.61 bits per heavy atom. The molecule has 10 heteroatoms. The molecule has 0 aromatic carbocycles. The Labute approximate surface area is 105 Å². The van der Waals surface area contributed by atoms with Crippen molar-refractivity contribution in [3.05, 3.63) is 0 Å². The van der Waals surface area contributed by atoms with E-state index in [0.717, 1.165) is 0 Å². The molecule has 0 saturated carbocycles. The second-order valence-corrected chi connectivity index (χ2v) is 4.62. The topological polar surface area (TPSA) is 172 Å². The molecular weight excluding hydrogens is 267 g/mol. The fourth-order valence-corrected chi connectivity index (χ4v) is 1.65. The first-order valence-corrected chi connectivity index (χ1v) is 6.47. The third kappa shape index (κ3) is 13.1. The highest BCUT2D eigenvalue weighted by Gasteiger charge is 2.18. The molecule has 0 heterocycles. The summed E-state index contributed by atoms with van der Waals surface area (Å²) in [5.74, 6) is -0.500. The van der Waals surface area contributed by atoms with Crippen molar-refractivity contribution < 1.29 is 34.5 Å². The van der Waals surface area contributed by atoms with Crippen LogP contribution in [0.15, 0.2) is 0 Å². The van der Waals surface area contributed by atoms with Crippen LogP contribution in [0, 0.1) is 11.3 Å². The summed E-state index contributed by atoms with van der Waals surface area (Å²) in [6, 6.07) is 1.78. The maximum Gasteiger partial charge on any atom is 0.341 e. The van der Waals surface area contributed by atoms with Crippen LogP contribution in [0.5, 0.6) is 0 Å². The minimum absolute atomic E-state index is 0. The second kappa shape index (κ2) is 12.4. The molecule has 0 aromatic heterocycles. The summed E-state index contributed by atoms with van der Waals surface area (Å²) in [6.07, 6.45) is -0.306. The van der Waals surface area contributed by atoms with E-state index in [9.17, 15) is 14.3 Å². The minimum Gasteiger partial charge on any atom is -0.465 e. The van der Waals surface area contributed by atoms with Crippen molar-refractivity contribution >= 4 is 13.6 Å². The van der Waals surface area contributed by atoms with Gasteiger partial charge in [-0.05, 0) is 6.92 Å². The molecule has 108 valence electrons. The number of carbonyl (C=O) groups is 1. The van der Waals surface area contributed by atoms with Crippen molar-refractivity contribution in [2.24, 2.45) is 0 Å². The van der Waals surface area contributed by atoms with E-state index in [1.807, 2.05) is 0 Å². The van der Waals surface area contributed by atoms with Crippen LogP contribution < -0.4 is 5.32 Å². The van der Waals surface area contributed by atoms with Gasteiger partial charge in [0.2, 0.25) is 0 Å². The van der Waals surface area contributed by atoms with Crippen LogP contribution in [0.25, 0.3) is 0 Å². The highest BCUT2D eigenvalue weighted by atomic mass is 31.2. The molecule has 0 aromatic rings. The number of nitrogens with zero attached hydrogens (tertiary/aromatic N) is 1. The van der Waals surface area contributed by atoms with Crippen LogP contribution in [-0.2, 0) is 18.6 Å². The monoisotopic (exact) mass is 286 g/mol. The summed E-state index contributed by atoms with van der Waals surface area (Å²) in [4.78, 5) is 20.0. The number of esters is 1. The summed E-state index contributed by atoms with van der Waals surface area (Å²) in [6.45, 7) is 1.67. The Bertz CT molecular complexity index is 304. The fourth-order valence-electron chi connectivity index (χ4n) is 0.791. The summed E-state index contributed by atoms with van der Waals surface area (Å²) in [7, 11) is -3.77. The molecular formula is C8H19N2O7P. The number of nitrogens with one attached hydrogen (secondary N) is 1. The Kier molecular flexibility index (Phi) is 15.3. The first kappa shape index (κ1) is 22.2. The molecule has 0 aliphatic carbocycles. The van der Waals surface area contributed by atoms with Crippen molar-refractivity contribution in [1.29, 1.82) is 5.26 Å². The Morgan fingerprint density at radius 1 is 1.50 bits per heavy atom. The highest BCUT2D eigenvalue weighted by Crippen LogP contribution is 2.40. The number of nitriles is 1. The molecule has 6 N–H and O–H groups in total. The van der Waals surface area contributed by atoms with Gasteiger partial charge < -0.3 is 25.1 Å². The quantitative estimate of drug-likeness (QED) is 0.312. The summed E-state index contributed by atoms with van der Waals surface area (Å²) in [5.41, 5.74) is 0. The molecule has 18 heavy (non-hydrogen) atoms. The van der Waals surface area contributed by atoms with Crippen molar-refractivity contribution in [3.8, 4) is 6.07 Å². The Hall–Kier alpha value is -1.01. The summed E-state index contributed by atoms with van der Waals surface area (Å²) < 4.78 is 20.4. The average molecular weight is 286 g/mol. The molecule has 0 bridgehead atoms. The van der Waals surface area contributed by atoms with Crippen LogP contribution in [0.2, 0.25) is 0 Å². The number of ether oxygens (including phenoxy) is 1. The number of hydrogen-bond acceptors (Lipinski definition) is 6. The zero-order valence-electron chi connectivity index (χ0n) is 10.0. The van der Waals surface area contributed by atoms with Crippen molar-refractivity contribution in [2.75, 3.05) is 26.0 Å². The van der Waals surface area contributed by atoms with Crippen molar-refractivity contribution in [1.82, 2.24) is 5.32 Å². The normalized spacial score (nSPS) is 12.3. The van der Waals surface area contributed by atoms with Gasteiger partial charge in [0.15, 0.2) is 0 Å². The van der Waals surface area contributed by atoms with Crippen LogP contribution in [0.4, 0.5) is 0 Å². The van der Waals surface area contributed by atoms with Gasteiger partial charge in [-0.3, -0.25) is 14.7 Å². The molecule has 9 nitrogen and oxygen atoms in total. The smallest absolute Gasteiger partial charge is 0.341 e. The SMILES string of the molecule is CCOC(=O)CNCP(=O)(O)OCCC#N.O.O. The molecule has 0 saturated heterocycles.